The number of rotatable bonds is 4. The van der Waals surface area contributed by atoms with Gasteiger partial charge in [-0.25, -0.2) is 4.79 Å². The van der Waals surface area contributed by atoms with Crippen molar-refractivity contribution in [3.63, 3.8) is 0 Å². The van der Waals surface area contributed by atoms with Crippen LogP contribution in [0.2, 0.25) is 0 Å². The number of likely N-dealkylation sites (tertiary alicyclic amines) is 1. The third-order valence-corrected chi connectivity index (χ3v) is 7.89. The Morgan fingerprint density at radius 2 is 1.59 bits per heavy atom. The number of piperidine rings is 1. The number of imidazole rings is 1. The number of carbonyl (C=O) groups excluding carboxylic acids is 2. The molecule has 0 spiro atoms. The molecule has 41 heavy (non-hydrogen) atoms. The molecule has 212 valence electrons. The lowest BCUT2D eigenvalue weighted by atomic mass is 9.98. The first-order valence-electron chi connectivity index (χ1n) is 13.3. The van der Waals surface area contributed by atoms with Gasteiger partial charge < -0.3 is 19.5 Å². The summed E-state index contributed by atoms with van der Waals surface area (Å²) < 4.78 is 43.0. The number of aromatic nitrogens is 2. The number of carbonyl (C=O) groups is 2. The number of aromatic amines is 1. The van der Waals surface area contributed by atoms with Crippen LogP contribution in [0.5, 0.6) is 5.75 Å². The molecule has 1 aromatic heterocycles. The Morgan fingerprint density at radius 1 is 0.902 bits per heavy atom. The second-order valence-corrected chi connectivity index (χ2v) is 10.5. The SMILES string of the molecule is Cc1cc(C(=O)N2CCC(n3c(=O)[nH]c4ccccc43)CC2)cc2c1CN(C(=O)c1ccc(OC(F)(F)F)cc1)C2. The molecule has 0 unspecified atom stereocenters. The van der Waals surface area contributed by atoms with E-state index in [1.54, 1.807) is 14.4 Å². The molecule has 2 aliphatic heterocycles. The predicted molar refractivity (Wildman–Crippen MR) is 145 cm³/mol. The summed E-state index contributed by atoms with van der Waals surface area (Å²) in [6, 6.07) is 16.1. The summed E-state index contributed by atoms with van der Waals surface area (Å²) in [4.78, 5) is 45.5. The Hall–Kier alpha value is -4.54. The number of H-pyrrole nitrogens is 1. The van der Waals surface area contributed by atoms with E-state index in [0.717, 1.165) is 39.9 Å². The van der Waals surface area contributed by atoms with E-state index in [-0.39, 0.29) is 29.1 Å². The molecule has 0 bridgehead atoms. The fourth-order valence-electron chi connectivity index (χ4n) is 5.91. The number of halogens is 3. The molecule has 0 saturated carbocycles. The number of amides is 2. The molecule has 3 heterocycles. The summed E-state index contributed by atoms with van der Waals surface area (Å²) >= 11 is 0. The van der Waals surface area contributed by atoms with Gasteiger partial charge in [-0.2, -0.15) is 0 Å². The second-order valence-electron chi connectivity index (χ2n) is 10.5. The van der Waals surface area contributed by atoms with E-state index < -0.39 is 12.1 Å². The van der Waals surface area contributed by atoms with Crippen LogP contribution in [0.3, 0.4) is 0 Å². The lowest BCUT2D eigenvalue weighted by Gasteiger charge is -2.32. The number of hydrogen-bond donors (Lipinski definition) is 1. The van der Waals surface area contributed by atoms with Crippen LogP contribution in [0.25, 0.3) is 11.0 Å². The van der Waals surface area contributed by atoms with E-state index in [1.165, 1.54) is 12.1 Å². The highest BCUT2D eigenvalue weighted by molar-refractivity contribution is 5.96. The van der Waals surface area contributed by atoms with Gasteiger partial charge in [0, 0.05) is 43.3 Å². The number of benzene rings is 3. The molecule has 0 aliphatic carbocycles. The number of aryl methyl sites for hydroxylation is 1. The zero-order valence-electron chi connectivity index (χ0n) is 22.2. The van der Waals surface area contributed by atoms with Gasteiger partial charge in [0.05, 0.1) is 11.0 Å². The van der Waals surface area contributed by atoms with Crippen LogP contribution in [0.1, 0.15) is 56.3 Å². The van der Waals surface area contributed by atoms with Crippen molar-refractivity contribution in [1.82, 2.24) is 19.4 Å². The quantitative estimate of drug-likeness (QED) is 0.371. The highest BCUT2D eigenvalue weighted by Crippen LogP contribution is 2.31. The molecule has 2 amide bonds. The summed E-state index contributed by atoms with van der Waals surface area (Å²) in [5.74, 6) is -0.803. The van der Waals surface area contributed by atoms with Crippen molar-refractivity contribution in [2.75, 3.05) is 13.1 Å². The normalized spacial score (nSPS) is 15.8. The first-order valence-corrected chi connectivity index (χ1v) is 13.3. The third kappa shape index (κ3) is 5.19. The topological polar surface area (TPSA) is 87.6 Å². The largest absolute Gasteiger partial charge is 0.573 e. The number of nitrogens with zero attached hydrogens (tertiary/aromatic N) is 3. The van der Waals surface area contributed by atoms with Crippen molar-refractivity contribution < 1.29 is 27.5 Å². The van der Waals surface area contributed by atoms with E-state index in [1.807, 2.05) is 43.3 Å². The van der Waals surface area contributed by atoms with Crippen molar-refractivity contribution >= 4 is 22.8 Å². The van der Waals surface area contributed by atoms with E-state index in [4.69, 9.17) is 0 Å². The first-order chi connectivity index (χ1) is 19.6. The Labute approximate surface area is 232 Å². The van der Waals surface area contributed by atoms with E-state index in [0.29, 0.717) is 44.6 Å². The van der Waals surface area contributed by atoms with Crippen molar-refractivity contribution in [1.29, 1.82) is 0 Å². The fourth-order valence-corrected chi connectivity index (χ4v) is 5.91. The second kappa shape index (κ2) is 10.1. The maximum atomic E-state index is 13.5. The Kier molecular flexibility index (Phi) is 6.59. The van der Waals surface area contributed by atoms with E-state index >= 15 is 0 Å². The number of ether oxygens (including phenoxy) is 1. The van der Waals surface area contributed by atoms with E-state index in [2.05, 4.69) is 9.72 Å². The molecular formula is C30H27F3N4O4. The maximum Gasteiger partial charge on any atom is 0.573 e. The minimum Gasteiger partial charge on any atom is -0.406 e. The number of hydrogen-bond acceptors (Lipinski definition) is 4. The van der Waals surface area contributed by atoms with Gasteiger partial charge >= 0.3 is 12.1 Å². The molecule has 0 radical (unpaired) electrons. The zero-order chi connectivity index (χ0) is 28.9. The summed E-state index contributed by atoms with van der Waals surface area (Å²) in [5, 5.41) is 0. The zero-order valence-corrected chi connectivity index (χ0v) is 22.2. The van der Waals surface area contributed by atoms with Crippen LogP contribution in [0.15, 0.2) is 65.5 Å². The molecule has 1 fully saturated rings. The maximum absolute atomic E-state index is 13.5. The average molecular weight is 565 g/mol. The molecule has 11 heteroatoms. The standard InChI is InChI=1S/C30H27F3N4O4/c1-18-14-20(28(39)35-12-10-22(11-13-35)37-26-5-3-2-4-25(26)34-29(37)40)15-21-16-36(17-24(18)21)27(38)19-6-8-23(9-7-19)41-30(31,32)33/h2-9,14-15,22H,10-13,16-17H2,1H3,(H,34,40). The van der Waals surface area contributed by atoms with Crippen molar-refractivity contribution in [2.45, 2.75) is 45.3 Å². The van der Waals surface area contributed by atoms with Gasteiger partial charge in [-0.15, -0.1) is 13.2 Å². The number of para-hydroxylation sites is 2. The Morgan fingerprint density at radius 3 is 2.29 bits per heavy atom. The first kappa shape index (κ1) is 26.7. The Balaban J connectivity index is 1.12. The van der Waals surface area contributed by atoms with Crippen LogP contribution in [0, 0.1) is 6.92 Å². The minimum absolute atomic E-state index is 0.00174. The van der Waals surface area contributed by atoms with Crippen molar-refractivity contribution in [3.8, 4) is 5.75 Å². The molecule has 4 aromatic rings. The summed E-state index contributed by atoms with van der Waals surface area (Å²) in [6.45, 7) is 3.58. The van der Waals surface area contributed by atoms with E-state index in [9.17, 15) is 27.6 Å². The number of nitrogens with one attached hydrogen (secondary N) is 1. The predicted octanol–water partition coefficient (Wildman–Crippen LogP) is 5.17. The number of fused-ring (bicyclic) bond motifs is 2. The van der Waals surface area contributed by atoms with Crippen LogP contribution in [0.4, 0.5) is 13.2 Å². The van der Waals surface area contributed by atoms with Crippen molar-refractivity contribution in [3.05, 3.63) is 99.0 Å². The fraction of sp³-hybridized carbons (Fsp3) is 0.300. The van der Waals surface area contributed by atoms with Gasteiger partial charge in [-0.05, 0) is 85.0 Å². The Bertz CT molecular complexity index is 1700. The molecule has 2 aliphatic rings. The molecule has 1 N–H and O–H groups in total. The molecular weight excluding hydrogens is 537 g/mol. The van der Waals surface area contributed by atoms with Gasteiger partial charge in [-0.3, -0.25) is 14.2 Å². The van der Waals surface area contributed by atoms with Gasteiger partial charge in [-0.1, -0.05) is 12.1 Å². The smallest absolute Gasteiger partial charge is 0.406 e. The van der Waals surface area contributed by atoms with Crippen LogP contribution in [-0.4, -0.2) is 50.6 Å². The molecule has 3 aromatic carbocycles. The number of alkyl halides is 3. The van der Waals surface area contributed by atoms with Gasteiger partial charge in [0.2, 0.25) is 0 Å². The average Bonchev–Trinajstić information content (AvgIpc) is 3.53. The van der Waals surface area contributed by atoms with Gasteiger partial charge in [0.25, 0.3) is 11.8 Å². The summed E-state index contributed by atoms with van der Waals surface area (Å²) in [6.07, 6.45) is -3.49. The minimum atomic E-state index is -4.80. The van der Waals surface area contributed by atoms with Crippen LogP contribution in [-0.2, 0) is 13.1 Å². The van der Waals surface area contributed by atoms with Crippen molar-refractivity contribution in [2.24, 2.45) is 0 Å². The summed E-state index contributed by atoms with van der Waals surface area (Å²) in [7, 11) is 0. The molecule has 0 atom stereocenters. The third-order valence-electron chi connectivity index (χ3n) is 7.89. The lowest BCUT2D eigenvalue weighted by molar-refractivity contribution is -0.274. The van der Waals surface area contributed by atoms with Crippen LogP contribution >= 0.6 is 0 Å². The highest BCUT2D eigenvalue weighted by atomic mass is 19.4. The monoisotopic (exact) mass is 564 g/mol. The van der Waals surface area contributed by atoms with Gasteiger partial charge in [0.15, 0.2) is 0 Å². The van der Waals surface area contributed by atoms with Gasteiger partial charge in [0.1, 0.15) is 5.75 Å². The molecule has 6 rings (SSSR count). The lowest BCUT2D eigenvalue weighted by Crippen LogP contribution is -2.40. The highest BCUT2D eigenvalue weighted by Gasteiger charge is 2.32. The van der Waals surface area contributed by atoms with Crippen LogP contribution < -0.4 is 10.4 Å². The summed E-state index contributed by atoms with van der Waals surface area (Å²) in [5.41, 5.74) is 5.05. The molecule has 8 nitrogen and oxygen atoms in total. The molecule has 1 saturated heterocycles.